The van der Waals surface area contributed by atoms with E-state index in [2.05, 4.69) is 34.6 Å². The molecule has 0 saturated carbocycles. The van der Waals surface area contributed by atoms with E-state index in [1.807, 2.05) is 23.1 Å². The zero-order valence-corrected chi connectivity index (χ0v) is 25.6. The Balaban J connectivity index is 1.66. The minimum Gasteiger partial charge on any atom is -0.456 e. The van der Waals surface area contributed by atoms with E-state index in [1.165, 1.54) is 24.8 Å². The molecule has 40 heavy (non-hydrogen) atoms. The Morgan fingerprint density at radius 1 is 0.950 bits per heavy atom. The summed E-state index contributed by atoms with van der Waals surface area (Å²) in [6.07, 6.45) is 6.79. The van der Waals surface area contributed by atoms with Gasteiger partial charge in [-0.1, -0.05) is 69.4 Å². The van der Waals surface area contributed by atoms with E-state index in [-0.39, 0.29) is 17.5 Å². The minimum absolute atomic E-state index is 0.118. The molecule has 8 nitrogen and oxygen atoms in total. The van der Waals surface area contributed by atoms with Crippen molar-refractivity contribution in [2.75, 3.05) is 38.0 Å². The van der Waals surface area contributed by atoms with Crippen molar-refractivity contribution >= 4 is 34.2 Å². The lowest BCUT2D eigenvalue weighted by molar-refractivity contribution is 0.00705. The highest BCUT2D eigenvalue weighted by molar-refractivity contribution is 7.18. The number of unbranched alkanes of at least 4 members (excludes halogenated alkanes) is 5. The van der Waals surface area contributed by atoms with Crippen LogP contribution in [-0.2, 0) is 11.3 Å². The molecule has 0 atom stereocenters. The average molecular weight is 571 g/mol. The van der Waals surface area contributed by atoms with Gasteiger partial charge in [-0.15, -0.1) is 11.3 Å². The van der Waals surface area contributed by atoms with Gasteiger partial charge in [-0.2, -0.15) is 0 Å². The van der Waals surface area contributed by atoms with E-state index in [0.29, 0.717) is 35.1 Å². The number of nitrogens with one attached hydrogen (secondary N) is 2. The molecule has 1 aromatic heterocycles. The number of esters is 1. The molecule has 1 fully saturated rings. The largest absolute Gasteiger partial charge is 0.456 e. The van der Waals surface area contributed by atoms with Gasteiger partial charge in [-0.05, 0) is 45.2 Å². The van der Waals surface area contributed by atoms with Crippen LogP contribution in [0, 0.1) is 6.92 Å². The maximum absolute atomic E-state index is 13.6. The zero-order valence-electron chi connectivity index (χ0n) is 24.8. The summed E-state index contributed by atoms with van der Waals surface area (Å²) in [5.41, 5.74) is 1.34. The Morgan fingerprint density at radius 2 is 1.60 bits per heavy atom. The van der Waals surface area contributed by atoms with Gasteiger partial charge in [0.15, 0.2) is 0 Å². The van der Waals surface area contributed by atoms with Crippen molar-refractivity contribution in [1.82, 2.24) is 15.1 Å². The lowest BCUT2D eigenvalue weighted by Gasteiger charge is -2.34. The summed E-state index contributed by atoms with van der Waals surface area (Å²) in [7, 11) is 0. The summed E-state index contributed by atoms with van der Waals surface area (Å²) >= 11 is 1.15. The second-order valence-corrected chi connectivity index (χ2v) is 12.5. The molecule has 2 N–H and O–H groups in total. The molecule has 220 valence electrons. The van der Waals surface area contributed by atoms with E-state index in [4.69, 9.17) is 4.74 Å². The summed E-state index contributed by atoms with van der Waals surface area (Å²) < 4.78 is 5.65. The number of nitrogens with zero attached hydrogens (tertiary/aromatic N) is 2. The number of hydrogen-bond donors (Lipinski definition) is 2. The topological polar surface area (TPSA) is 91.0 Å². The number of urea groups is 1. The fourth-order valence-corrected chi connectivity index (χ4v) is 5.89. The molecule has 1 aromatic carbocycles. The minimum atomic E-state index is -0.706. The number of anilines is 1. The van der Waals surface area contributed by atoms with Crippen molar-refractivity contribution in [3.05, 3.63) is 51.9 Å². The Kier molecular flexibility index (Phi) is 12.0. The Hall–Kier alpha value is -2.91. The summed E-state index contributed by atoms with van der Waals surface area (Å²) in [4.78, 5) is 44.1. The first-order chi connectivity index (χ1) is 19.1. The van der Waals surface area contributed by atoms with Crippen LogP contribution >= 0.6 is 11.3 Å². The molecular formula is C31H46N4O4S. The van der Waals surface area contributed by atoms with Crippen molar-refractivity contribution in [3.8, 4) is 0 Å². The van der Waals surface area contributed by atoms with E-state index < -0.39 is 11.6 Å². The molecule has 1 aliphatic heterocycles. The Morgan fingerprint density at radius 3 is 2.25 bits per heavy atom. The first-order valence-corrected chi connectivity index (χ1v) is 15.4. The molecule has 1 saturated heterocycles. The number of piperazine rings is 1. The molecule has 3 rings (SSSR count). The molecular weight excluding hydrogens is 524 g/mol. The SMILES string of the molecule is CCCCCCCCNC(=O)Nc1sc(C(=O)N2CCN(Cc3ccccc3)CC2)c(C)c1C(=O)OC(C)(C)C. The van der Waals surface area contributed by atoms with E-state index in [9.17, 15) is 14.4 Å². The number of amides is 3. The Labute approximate surface area is 243 Å². The fourth-order valence-electron chi connectivity index (χ4n) is 4.73. The van der Waals surface area contributed by atoms with Crippen molar-refractivity contribution in [1.29, 1.82) is 0 Å². The van der Waals surface area contributed by atoms with Crippen LogP contribution in [0.2, 0.25) is 0 Å². The van der Waals surface area contributed by atoms with Crippen molar-refractivity contribution in [3.63, 3.8) is 0 Å². The number of carbonyl (C=O) groups is 3. The number of thiophene rings is 1. The highest BCUT2D eigenvalue weighted by Gasteiger charge is 2.32. The van der Waals surface area contributed by atoms with Crippen LogP contribution in [0.25, 0.3) is 0 Å². The first kappa shape index (κ1) is 31.6. The molecule has 0 bridgehead atoms. The monoisotopic (exact) mass is 570 g/mol. The zero-order chi connectivity index (χ0) is 29.1. The van der Waals surface area contributed by atoms with Gasteiger partial charge in [0.25, 0.3) is 5.91 Å². The third kappa shape index (κ3) is 9.63. The van der Waals surface area contributed by atoms with Crippen molar-refractivity contribution in [2.24, 2.45) is 0 Å². The number of rotatable bonds is 12. The van der Waals surface area contributed by atoms with Crippen molar-refractivity contribution in [2.45, 2.75) is 85.3 Å². The first-order valence-electron chi connectivity index (χ1n) is 14.6. The summed E-state index contributed by atoms with van der Waals surface area (Å²) in [6, 6.07) is 9.94. The van der Waals surface area contributed by atoms with E-state index >= 15 is 0 Å². The maximum Gasteiger partial charge on any atom is 0.341 e. The summed E-state index contributed by atoms with van der Waals surface area (Å²) in [5, 5.41) is 6.06. The fraction of sp³-hybridized carbons (Fsp3) is 0.581. The van der Waals surface area contributed by atoms with Gasteiger partial charge in [-0.3, -0.25) is 15.0 Å². The van der Waals surface area contributed by atoms with Crippen molar-refractivity contribution < 1.29 is 19.1 Å². The number of hydrogen-bond acceptors (Lipinski definition) is 6. The van der Waals surface area contributed by atoms with Gasteiger partial charge in [0.2, 0.25) is 0 Å². The van der Waals surface area contributed by atoms with Crippen LogP contribution in [0.5, 0.6) is 0 Å². The van der Waals surface area contributed by atoms with Crippen LogP contribution in [-0.4, -0.2) is 66.0 Å². The highest BCUT2D eigenvalue weighted by atomic mass is 32.1. The van der Waals surface area contributed by atoms with E-state index in [0.717, 1.165) is 50.2 Å². The second kappa shape index (κ2) is 15.2. The lowest BCUT2D eigenvalue weighted by Crippen LogP contribution is -2.48. The normalized spacial score (nSPS) is 14.2. The molecule has 2 heterocycles. The predicted octanol–water partition coefficient (Wildman–Crippen LogP) is 6.45. The number of benzene rings is 1. The predicted molar refractivity (Wildman–Crippen MR) is 162 cm³/mol. The van der Waals surface area contributed by atoms with E-state index in [1.54, 1.807) is 27.7 Å². The summed E-state index contributed by atoms with van der Waals surface area (Å²) in [6.45, 7) is 13.5. The van der Waals surface area contributed by atoms with Gasteiger partial charge in [0, 0.05) is 39.3 Å². The van der Waals surface area contributed by atoms with Gasteiger partial charge in [-0.25, -0.2) is 9.59 Å². The van der Waals surface area contributed by atoms with Gasteiger partial charge < -0.3 is 15.0 Å². The maximum atomic E-state index is 13.6. The molecule has 3 amide bonds. The van der Waals surface area contributed by atoms with Gasteiger partial charge in [0.05, 0.1) is 10.4 Å². The smallest absolute Gasteiger partial charge is 0.341 e. The third-order valence-corrected chi connectivity index (χ3v) is 8.09. The molecule has 0 radical (unpaired) electrons. The molecule has 0 unspecified atom stereocenters. The Bertz CT molecular complexity index is 1120. The average Bonchev–Trinajstić information content (AvgIpc) is 3.23. The summed E-state index contributed by atoms with van der Waals surface area (Å²) in [5.74, 6) is -0.661. The van der Waals surface area contributed by atoms with Crippen LogP contribution in [0.3, 0.4) is 0 Å². The third-order valence-electron chi connectivity index (χ3n) is 6.90. The number of ether oxygens (including phenoxy) is 1. The molecule has 2 aromatic rings. The number of carbonyl (C=O) groups excluding carboxylic acids is 3. The van der Waals surface area contributed by atoms with Gasteiger partial charge in [0.1, 0.15) is 10.6 Å². The van der Waals surface area contributed by atoms with Crippen LogP contribution in [0.15, 0.2) is 30.3 Å². The quantitative estimate of drug-likeness (QED) is 0.226. The van der Waals surface area contributed by atoms with Crippen LogP contribution in [0.1, 0.15) is 97.4 Å². The van der Waals surface area contributed by atoms with Gasteiger partial charge >= 0.3 is 12.0 Å². The molecule has 1 aliphatic rings. The second-order valence-electron chi connectivity index (χ2n) is 11.5. The highest BCUT2D eigenvalue weighted by Crippen LogP contribution is 2.35. The lowest BCUT2D eigenvalue weighted by atomic mass is 10.1. The standard InChI is InChI=1S/C31H46N4O4S/c1-6-7-8-9-10-14-17-32-30(38)33-27-25(29(37)39-31(3,4)5)23(2)26(40-27)28(36)35-20-18-34(19-21-35)22-24-15-12-11-13-16-24/h11-13,15-16H,6-10,14,17-22H2,1-5H3,(H2,32,33,38). The van der Waals surface area contributed by atoms with Crippen LogP contribution in [0.4, 0.5) is 9.80 Å². The molecule has 0 spiro atoms. The van der Waals surface area contributed by atoms with Crippen LogP contribution < -0.4 is 10.6 Å². The molecule has 9 heteroatoms. The molecule has 0 aliphatic carbocycles.